The van der Waals surface area contributed by atoms with E-state index >= 15 is 0 Å². The fraction of sp³-hybridized carbons (Fsp3) is 0.588. The number of benzene rings is 1. The van der Waals surface area contributed by atoms with Crippen LogP contribution >= 0.6 is 0 Å². The number of carbonyl (C=O) groups is 1. The highest BCUT2D eigenvalue weighted by Crippen LogP contribution is 2.28. The molecule has 1 N–H and O–H groups in total. The molecule has 2 amide bonds. The highest BCUT2D eigenvalue weighted by molar-refractivity contribution is 7.89. The third kappa shape index (κ3) is 4.43. The summed E-state index contributed by atoms with van der Waals surface area (Å²) in [7, 11) is -1.57. The lowest BCUT2D eigenvalue weighted by atomic mass is 10.1. The quantitative estimate of drug-likeness (QED) is 0.815. The second kappa shape index (κ2) is 7.61. The van der Waals surface area contributed by atoms with Crippen LogP contribution in [0.1, 0.15) is 18.4 Å². The SMILES string of the molecule is CN(C[C@H]1Cc2ccccc2O1)C(=O)NCCS(=O)(=O)N1CCCC1. The molecule has 2 aliphatic heterocycles. The van der Waals surface area contributed by atoms with Crippen molar-refractivity contribution < 1.29 is 17.9 Å². The fourth-order valence-electron chi connectivity index (χ4n) is 3.26. The number of sulfonamides is 1. The summed E-state index contributed by atoms with van der Waals surface area (Å²) >= 11 is 0. The molecule has 1 atom stereocenters. The minimum atomic E-state index is -3.26. The number of likely N-dealkylation sites (N-methyl/N-ethyl adjacent to an activating group) is 1. The Balaban J connectivity index is 1.41. The molecule has 1 fully saturated rings. The van der Waals surface area contributed by atoms with Crippen molar-refractivity contribution >= 4 is 16.1 Å². The molecule has 7 nitrogen and oxygen atoms in total. The average Bonchev–Trinajstić information content (AvgIpc) is 3.24. The first-order chi connectivity index (χ1) is 12.0. The topological polar surface area (TPSA) is 79.0 Å². The molecule has 138 valence electrons. The van der Waals surface area contributed by atoms with Gasteiger partial charge in [-0.3, -0.25) is 0 Å². The lowest BCUT2D eigenvalue weighted by Gasteiger charge is -2.22. The molecule has 2 heterocycles. The van der Waals surface area contributed by atoms with Gasteiger partial charge in [0.05, 0.1) is 12.3 Å². The highest BCUT2D eigenvalue weighted by Gasteiger charge is 2.27. The lowest BCUT2D eigenvalue weighted by Crippen LogP contribution is -2.44. The maximum absolute atomic E-state index is 12.2. The molecule has 0 aliphatic carbocycles. The summed E-state index contributed by atoms with van der Waals surface area (Å²) < 4.78 is 31.6. The van der Waals surface area contributed by atoms with Gasteiger partial charge in [-0.15, -0.1) is 0 Å². The maximum Gasteiger partial charge on any atom is 0.317 e. The minimum Gasteiger partial charge on any atom is -0.488 e. The first-order valence-electron chi connectivity index (χ1n) is 8.67. The Morgan fingerprint density at radius 3 is 2.76 bits per heavy atom. The molecule has 2 aliphatic rings. The number of fused-ring (bicyclic) bond motifs is 1. The number of nitrogens with one attached hydrogen (secondary N) is 1. The molecule has 0 aromatic heterocycles. The number of carbonyl (C=O) groups excluding carboxylic acids is 1. The van der Waals surface area contributed by atoms with E-state index in [0.717, 1.165) is 30.6 Å². The van der Waals surface area contributed by atoms with Gasteiger partial charge in [0.2, 0.25) is 10.0 Å². The van der Waals surface area contributed by atoms with Crippen molar-refractivity contribution in [3.05, 3.63) is 29.8 Å². The van der Waals surface area contributed by atoms with Gasteiger partial charge in [-0.2, -0.15) is 0 Å². The Labute approximate surface area is 149 Å². The zero-order valence-electron chi connectivity index (χ0n) is 14.5. The molecule has 0 spiro atoms. The first kappa shape index (κ1) is 18.0. The zero-order valence-corrected chi connectivity index (χ0v) is 15.3. The zero-order chi connectivity index (χ0) is 17.9. The van der Waals surface area contributed by atoms with E-state index in [-0.39, 0.29) is 24.4 Å². The van der Waals surface area contributed by atoms with Gasteiger partial charge in [0.25, 0.3) is 0 Å². The highest BCUT2D eigenvalue weighted by atomic mass is 32.2. The van der Waals surface area contributed by atoms with Crippen LogP contribution in [0.25, 0.3) is 0 Å². The molecule has 1 aromatic rings. The Morgan fingerprint density at radius 2 is 2.04 bits per heavy atom. The van der Waals surface area contributed by atoms with E-state index in [1.807, 2.05) is 24.3 Å². The van der Waals surface area contributed by atoms with Crippen LogP contribution in [0.3, 0.4) is 0 Å². The van der Waals surface area contributed by atoms with Crippen LogP contribution in [0.5, 0.6) is 5.75 Å². The van der Waals surface area contributed by atoms with Crippen LogP contribution in [0, 0.1) is 0 Å². The van der Waals surface area contributed by atoms with Crippen molar-refractivity contribution in [3.8, 4) is 5.75 Å². The molecule has 8 heteroatoms. The van der Waals surface area contributed by atoms with Crippen LogP contribution in [0.15, 0.2) is 24.3 Å². The van der Waals surface area contributed by atoms with Crippen molar-refractivity contribution in [2.45, 2.75) is 25.4 Å². The second-order valence-corrected chi connectivity index (χ2v) is 8.67. The first-order valence-corrected chi connectivity index (χ1v) is 10.3. The number of hydrogen-bond acceptors (Lipinski definition) is 4. The monoisotopic (exact) mass is 367 g/mol. The van der Waals surface area contributed by atoms with Crippen LogP contribution in [-0.4, -0.2) is 68.7 Å². The molecular formula is C17H25N3O4S. The largest absolute Gasteiger partial charge is 0.488 e. The Kier molecular flexibility index (Phi) is 5.48. The number of ether oxygens (including phenoxy) is 1. The molecule has 0 saturated carbocycles. The summed E-state index contributed by atoms with van der Waals surface area (Å²) in [6.45, 7) is 1.76. The molecule has 3 rings (SSSR count). The van der Waals surface area contributed by atoms with E-state index in [2.05, 4.69) is 5.32 Å². The molecule has 0 radical (unpaired) electrons. The van der Waals surface area contributed by atoms with Crippen molar-refractivity contribution in [2.75, 3.05) is 39.0 Å². The summed E-state index contributed by atoms with van der Waals surface area (Å²) in [5.74, 6) is 0.816. The van der Waals surface area contributed by atoms with Gasteiger partial charge < -0.3 is 15.0 Å². The van der Waals surface area contributed by atoms with Crippen LogP contribution < -0.4 is 10.1 Å². The van der Waals surface area contributed by atoms with Gasteiger partial charge in [-0.1, -0.05) is 18.2 Å². The summed E-state index contributed by atoms with van der Waals surface area (Å²) in [4.78, 5) is 13.7. The number of urea groups is 1. The van der Waals surface area contributed by atoms with Gasteiger partial charge in [-0.05, 0) is 24.5 Å². The maximum atomic E-state index is 12.2. The molecule has 0 unspecified atom stereocenters. The normalized spacial score (nSPS) is 20.1. The molecule has 25 heavy (non-hydrogen) atoms. The lowest BCUT2D eigenvalue weighted by molar-refractivity contribution is 0.164. The summed E-state index contributed by atoms with van der Waals surface area (Å²) in [5.41, 5.74) is 1.15. The minimum absolute atomic E-state index is 0.0576. The number of nitrogens with zero attached hydrogens (tertiary/aromatic N) is 2. The van der Waals surface area contributed by atoms with E-state index < -0.39 is 10.0 Å². The summed E-state index contributed by atoms with van der Waals surface area (Å²) in [6, 6.07) is 7.58. The molecule has 1 aromatic carbocycles. The van der Waals surface area contributed by atoms with Crippen LogP contribution in [-0.2, 0) is 16.4 Å². The van der Waals surface area contributed by atoms with Crippen LogP contribution in [0.4, 0.5) is 4.79 Å². The van der Waals surface area contributed by atoms with Crippen molar-refractivity contribution in [2.24, 2.45) is 0 Å². The Hall–Kier alpha value is -1.80. The van der Waals surface area contributed by atoms with E-state index in [9.17, 15) is 13.2 Å². The number of rotatable bonds is 6. The van der Waals surface area contributed by atoms with Gasteiger partial charge in [0.15, 0.2) is 0 Å². The summed E-state index contributed by atoms with van der Waals surface area (Å²) in [5, 5.41) is 2.68. The molecule has 0 bridgehead atoms. The van der Waals surface area contributed by atoms with E-state index in [0.29, 0.717) is 19.6 Å². The van der Waals surface area contributed by atoms with Gasteiger partial charge >= 0.3 is 6.03 Å². The van der Waals surface area contributed by atoms with Crippen molar-refractivity contribution in [3.63, 3.8) is 0 Å². The van der Waals surface area contributed by atoms with Gasteiger partial charge in [0, 0.05) is 33.1 Å². The predicted octanol–water partition coefficient (Wildman–Crippen LogP) is 1.06. The predicted molar refractivity (Wildman–Crippen MR) is 95.2 cm³/mol. The molecular weight excluding hydrogens is 342 g/mol. The van der Waals surface area contributed by atoms with Crippen molar-refractivity contribution in [1.29, 1.82) is 0 Å². The molecule has 1 saturated heterocycles. The van der Waals surface area contributed by atoms with Gasteiger partial charge in [-0.25, -0.2) is 17.5 Å². The van der Waals surface area contributed by atoms with E-state index in [1.54, 1.807) is 11.9 Å². The second-order valence-electron chi connectivity index (χ2n) is 6.59. The number of para-hydroxylation sites is 1. The standard InChI is InChI=1S/C17H25N3O4S/c1-19(13-15-12-14-6-2-3-7-16(14)24-15)17(21)18-8-11-25(22,23)20-9-4-5-10-20/h2-3,6-7,15H,4-5,8-13H2,1H3,(H,18,21)/t15-/m1/s1. The smallest absolute Gasteiger partial charge is 0.317 e. The summed E-state index contributed by atoms with van der Waals surface area (Å²) in [6.07, 6.45) is 2.54. The van der Waals surface area contributed by atoms with Crippen LogP contribution in [0.2, 0.25) is 0 Å². The number of amides is 2. The van der Waals surface area contributed by atoms with Gasteiger partial charge in [0.1, 0.15) is 11.9 Å². The third-order valence-electron chi connectivity index (χ3n) is 4.63. The van der Waals surface area contributed by atoms with E-state index in [4.69, 9.17) is 4.74 Å². The average molecular weight is 367 g/mol. The Bertz CT molecular complexity index is 691. The third-order valence-corrected chi connectivity index (χ3v) is 6.50. The Morgan fingerprint density at radius 1 is 1.32 bits per heavy atom. The number of hydrogen-bond donors (Lipinski definition) is 1. The van der Waals surface area contributed by atoms with Crippen molar-refractivity contribution in [1.82, 2.24) is 14.5 Å². The van der Waals surface area contributed by atoms with E-state index in [1.165, 1.54) is 4.31 Å². The fourth-order valence-corrected chi connectivity index (χ4v) is 4.69.